The third-order valence-corrected chi connectivity index (χ3v) is 3.78. The van der Waals surface area contributed by atoms with Crippen molar-refractivity contribution in [2.45, 2.75) is 0 Å². The molecule has 120 valence electrons. The normalized spacial score (nSPS) is 10.5. The summed E-state index contributed by atoms with van der Waals surface area (Å²) < 4.78 is 1.24. The van der Waals surface area contributed by atoms with Crippen LogP contribution in [0.2, 0.25) is 0 Å². The number of fused-ring (bicyclic) bond motifs is 1. The molecule has 7 nitrogen and oxygen atoms in total. The molecule has 7 heteroatoms. The first-order valence-corrected chi connectivity index (χ1v) is 7.16. The van der Waals surface area contributed by atoms with E-state index in [0.717, 1.165) is 12.0 Å². The van der Waals surface area contributed by atoms with Crippen LogP contribution in [-0.4, -0.2) is 34.0 Å². The quantitative estimate of drug-likeness (QED) is 0.507. The second-order valence-electron chi connectivity index (χ2n) is 5.19. The molecule has 0 spiro atoms. The molecule has 0 atom stereocenters. The molecule has 0 fully saturated rings. The first-order chi connectivity index (χ1) is 11.5. The zero-order chi connectivity index (χ0) is 17.3. The number of carboxylic acid groups (broad SMARTS) is 1. The summed E-state index contributed by atoms with van der Waals surface area (Å²) in [6.07, 6.45) is 0.954. The van der Waals surface area contributed by atoms with Crippen molar-refractivity contribution in [1.82, 2.24) is 9.55 Å². The van der Waals surface area contributed by atoms with Gasteiger partial charge in [-0.15, -0.1) is 0 Å². The van der Waals surface area contributed by atoms with Gasteiger partial charge in [0.25, 0.3) is 0 Å². The van der Waals surface area contributed by atoms with E-state index in [1.807, 2.05) is 42.3 Å². The van der Waals surface area contributed by atoms with E-state index in [0.29, 0.717) is 16.7 Å². The predicted octanol–water partition coefficient (Wildman–Crippen LogP) is 2.44. The monoisotopic (exact) mass is 321 g/mol. The van der Waals surface area contributed by atoms with Crippen LogP contribution in [0.5, 0.6) is 0 Å². The third-order valence-electron chi connectivity index (χ3n) is 3.78. The Bertz CT molecular complexity index is 995. The minimum absolute atomic E-state index is 0.0945. The molecule has 3 aromatic rings. The molecule has 0 unspecified atom stereocenters. The molecule has 1 aromatic heterocycles. The molecule has 0 amide bonds. The molecule has 0 saturated carbocycles. The van der Waals surface area contributed by atoms with Gasteiger partial charge in [0.1, 0.15) is 5.82 Å². The number of nitrogens with one attached hydrogen (secondary N) is 2. The van der Waals surface area contributed by atoms with E-state index in [-0.39, 0.29) is 11.2 Å². The van der Waals surface area contributed by atoms with Crippen molar-refractivity contribution in [3.05, 3.63) is 59.7 Å². The van der Waals surface area contributed by atoms with Crippen LogP contribution in [0.25, 0.3) is 10.9 Å². The van der Waals surface area contributed by atoms with Crippen LogP contribution in [0.3, 0.4) is 0 Å². The fraction of sp³-hybridized carbons (Fsp3) is 0.0588. The molecule has 1 heterocycles. The van der Waals surface area contributed by atoms with E-state index in [1.165, 1.54) is 16.7 Å². The Kier molecular flexibility index (Phi) is 3.83. The smallest absolute Gasteiger partial charge is 0.335 e. The topological polar surface area (TPSA) is 106 Å². The molecule has 3 N–H and O–H groups in total. The van der Waals surface area contributed by atoms with Crippen molar-refractivity contribution >= 4 is 34.7 Å². The Morgan fingerprint density at radius 1 is 1.25 bits per heavy atom. The molecule has 0 aliphatic heterocycles. The first kappa shape index (κ1) is 15.4. The molecule has 2 aromatic carbocycles. The van der Waals surface area contributed by atoms with Crippen LogP contribution in [0.1, 0.15) is 10.4 Å². The lowest BCUT2D eigenvalue weighted by atomic mass is 10.1. The zero-order valence-corrected chi connectivity index (χ0v) is 12.9. The van der Waals surface area contributed by atoms with E-state index in [4.69, 9.17) is 10.8 Å². The molecular formula is C17H15N5O2. The highest BCUT2D eigenvalue weighted by Crippen LogP contribution is 2.28. The van der Waals surface area contributed by atoms with Gasteiger partial charge in [0.2, 0.25) is 5.62 Å². The van der Waals surface area contributed by atoms with Gasteiger partial charge in [-0.3, -0.25) is 15.4 Å². The van der Waals surface area contributed by atoms with Crippen LogP contribution in [0.4, 0.5) is 11.5 Å². The molecular weight excluding hydrogens is 306 g/mol. The van der Waals surface area contributed by atoms with E-state index in [2.05, 4.69) is 4.98 Å². The van der Waals surface area contributed by atoms with E-state index in [9.17, 15) is 9.90 Å². The van der Waals surface area contributed by atoms with Crippen LogP contribution < -0.4 is 10.5 Å². The fourth-order valence-corrected chi connectivity index (χ4v) is 2.54. The highest BCUT2D eigenvalue weighted by atomic mass is 16.4. The molecule has 0 aliphatic rings. The van der Waals surface area contributed by atoms with Crippen molar-refractivity contribution in [2.75, 3.05) is 11.9 Å². The van der Waals surface area contributed by atoms with Crippen molar-refractivity contribution < 1.29 is 9.90 Å². The van der Waals surface area contributed by atoms with Crippen molar-refractivity contribution in [3.63, 3.8) is 0 Å². The lowest BCUT2D eigenvalue weighted by molar-refractivity contribution is 0.0697. The number of carbonyl (C=O) groups is 1. The third kappa shape index (κ3) is 2.52. The number of anilines is 2. The van der Waals surface area contributed by atoms with Crippen LogP contribution in [-0.2, 0) is 0 Å². The largest absolute Gasteiger partial charge is 0.478 e. The van der Waals surface area contributed by atoms with Gasteiger partial charge in [0.15, 0.2) is 0 Å². The molecule has 3 rings (SSSR count). The highest BCUT2D eigenvalue weighted by Gasteiger charge is 2.15. The molecule has 0 radical (unpaired) electrons. The summed E-state index contributed by atoms with van der Waals surface area (Å²) in [4.78, 5) is 17.3. The van der Waals surface area contributed by atoms with Gasteiger partial charge in [-0.1, -0.05) is 18.2 Å². The first-order valence-electron chi connectivity index (χ1n) is 7.16. The average Bonchev–Trinajstić information content (AvgIpc) is 2.60. The van der Waals surface area contributed by atoms with Gasteiger partial charge in [0, 0.05) is 18.1 Å². The average molecular weight is 321 g/mol. The Balaban J connectivity index is 2.32. The number of rotatable bonds is 4. The Morgan fingerprint density at radius 3 is 2.58 bits per heavy atom. The number of benzene rings is 2. The van der Waals surface area contributed by atoms with Gasteiger partial charge in [-0.05, 0) is 30.3 Å². The summed E-state index contributed by atoms with van der Waals surface area (Å²) in [5.74, 6) is -0.536. The maximum absolute atomic E-state index is 11.2. The van der Waals surface area contributed by atoms with Crippen molar-refractivity contribution in [3.8, 4) is 0 Å². The Hall–Kier alpha value is -3.48. The molecule has 0 aliphatic carbocycles. The number of aromatic nitrogens is 2. The second-order valence-corrected chi connectivity index (χ2v) is 5.19. The summed E-state index contributed by atoms with van der Waals surface area (Å²) in [6.45, 7) is 0. The molecule has 0 saturated heterocycles. The minimum Gasteiger partial charge on any atom is -0.478 e. The summed E-state index contributed by atoms with van der Waals surface area (Å²) in [7, 11) is 1.83. The van der Waals surface area contributed by atoms with Crippen molar-refractivity contribution in [1.29, 1.82) is 10.8 Å². The SMILES string of the molecule is CN(c1ccccc1)c1nc(=N)n(C=N)c2cc(C(=O)O)ccc12. The lowest BCUT2D eigenvalue weighted by Gasteiger charge is -2.21. The number of carboxylic acids is 1. The highest BCUT2D eigenvalue weighted by molar-refractivity contribution is 5.99. The van der Waals surface area contributed by atoms with Gasteiger partial charge < -0.3 is 10.0 Å². The second kappa shape index (κ2) is 5.96. The Labute approximate surface area is 137 Å². The van der Waals surface area contributed by atoms with Gasteiger partial charge in [-0.2, -0.15) is 4.98 Å². The lowest BCUT2D eigenvalue weighted by Crippen LogP contribution is -2.26. The fourth-order valence-electron chi connectivity index (χ4n) is 2.54. The van der Waals surface area contributed by atoms with Crippen LogP contribution in [0.15, 0.2) is 48.5 Å². The van der Waals surface area contributed by atoms with E-state index < -0.39 is 5.97 Å². The Morgan fingerprint density at radius 2 is 1.96 bits per heavy atom. The maximum atomic E-state index is 11.2. The predicted molar refractivity (Wildman–Crippen MR) is 91.2 cm³/mol. The van der Waals surface area contributed by atoms with Crippen LogP contribution in [0, 0.1) is 10.8 Å². The number of hydrogen-bond donors (Lipinski definition) is 3. The summed E-state index contributed by atoms with van der Waals surface area (Å²) in [6, 6.07) is 14.1. The van der Waals surface area contributed by atoms with Crippen molar-refractivity contribution in [2.24, 2.45) is 0 Å². The molecule has 24 heavy (non-hydrogen) atoms. The summed E-state index contributed by atoms with van der Waals surface area (Å²) >= 11 is 0. The maximum Gasteiger partial charge on any atom is 0.335 e. The number of para-hydroxylation sites is 1. The van der Waals surface area contributed by atoms with Crippen LogP contribution >= 0.6 is 0 Å². The zero-order valence-electron chi connectivity index (χ0n) is 12.9. The number of aromatic carboxylic acids is 1. The van der Waals surface area contributed by atoms with Gasteiger partial charge >= 0.3 is 5.97 Å². The van der Waals surface area contributed by atoms with Gasteiger partial charge in [0.05, 0.1) is 17.4 Å². The standard InChI is InChI=1S/C17H15N5O2/c1-21(12-5-3-2-4-6-12)15-13-8-7-11(16(23)24)9-14(13)22(10-18)17(19)20-15/h2-10,18-19H,1H3,(H,23,24). The van der Waals surface area contributed by atoms with E-state index >= 15 is 0 Å². The number of hydrogen-bond acceptors (Lipinski definition) is 5. The van der Waals surface area contributed by atoms with E-state index in [1.54, 1.807) is 6.07 Å². The molecule has 0 bridgehead atoms. The summed E-state index contributed by atoms with van der Waals surface area (Å²) in [5, 5.41) is 25.4. The van der Waals surface area contributed by atoms with Gasteiger partial charge in [-0.25, -0.2) is 4.79 Å². The number of nitrogens with zero attached hydrogens (tertiary/aromatic N) is 3. The summed E-state index contributed by atoms with van der Waals surface area (Å²) in [5.41, 5.74) is 1.29. The minimum atomic E-state index is -1.06.